The third kappa shape index (κ3) is 4.27. The minimum Gasteiger partial charge on any atom is -0.493 e. The van der Waals surface area contributed by atoms with Gasteiger partial charge in [0.2, 0.25) is 0 Å². The zero-order chi connectivity index (χ0) is 22.1. The Morgan fingerprint density at radius 1 is 1.19 bits per heavy atom. The molecule has 1 saturated heterocycles. The summed E-state index contributed by atoms with van der Waals surface area (Å²) in [4.78, 5) is 6.63. The minimum atomic E-state index is -3.55. The summed E-state index contributed by atoms with van der Waals surface area (Å²) in [5.41, 5.74) is 2.04. The van der Waals surface area contributed by atoms with E-state index in [2.05, 4.69) is 19.6 Å². The number of sulfone groups is 1. The molecule has 0 aliphatic carbocycles. The number of aromatic nitrogens is 2. The Morgan fingerprint density at radius 3 is 2.81 bits per heavy atom. The van der Waals surface area contributed by atoms with Crippen LogP contribution in [0.5, 0.6) is 5.75 Å². The summed E-state index contributed by atoms with van der Waals surface area (Å²) in [5.74, 6) is 0.184. The molecule has 0 bridgehead atoms. The van der Waals surface area contributed by atoms with Crippen LogP contribution in [0.25, 0.3) is 0 Å². The molecule has 7 nitrogen and oxygen atoms in total. The van der Waals surface area contributed by atoms with Crippen molar-refractivity contribution in [2.75, 3.05) is 26.2 Å². The fraction of sp³-hybridized carbons (Fsp3) is 0.364. The van der Waals surface area contributed by atoms with Crippen molar-refractivity contribution < 1.29 is 17.5 Å². The molecule has 3 aromatic rings. The summed E-state index contributed by atoms with van der Waals surface area (Å²) in [6.45, 7) is 2.98. The first-order chi connectivity index (χ1) is 15.5. The molecule has 2 aliphatic rings. The molecule has 2 aromatic carbocycles. The van der Waals surface area contributed by atoms with Gasteiger partial charge in [-0.3, -0.25) is 4.90 Å². The highest BCUT2D eigenvalue weighted by atomic mass is 32.2. The van der Waals surface area contributed by atoms with Crippen molar-refractivity contribution in [3.63, 3.8) is 0 Å². The number of ether oxygens (including phenoxy) is 1. The van der Waals surface area contributed by atoms with Crippen molar-refractivity contribution in [1.82, 2.24) is 19.6 Å². The van der Waals surface area contributed by atoms with Crippen LogP contribution >= 0.6 is 11.5 Å². The first-order valence-corrected chi connectivity index (χ1v) is 12.9. The molecule has 1 fully saturated rings. The second-order valence-electron chi connectivity index (χ2n) is 7.96. The van der Waals surface area contributed by atoms with Crippen LogP contribution in [0.3, 0.4) is 0 Å². The van der Waals surface area contributed by atoms with Gasteiger partial charge in [0, 0.05) is 43.7 Å². The van der Waals surface area contributed by atoms with Gasteiger partial charge in [-0.1, -0.05) is 18.2 Å². The topological polar surface area (TPSA) is 84.4 Å². The predicted octanol–water partition coefficient (Wildman–Crippen LogP) is 3.12. The Morgan fingerprint density at radius 2 is 2.03 bits per heavy atom. The van der Waals surface area contributed by atoms with E-state index in [0.717, 1.165) is 48.7 Å². The number of nitrogens with zero attached hydrogens (tertiary/aromatic N) is 3. The monoisotopic (exact) mass is 474 g/mol. The van der Waals surface area contributed by atoms with Gasteiger partial charge in [-0.15, -0.1) is 0 Å². The van der Waals surface area contributed by atoms with Gasteiger partial charge in [0.25, 0.3) is 0 Å². The molecule has 2 atom stereocenters. The van der Waals surface area contributed by atoms with Crippen LogP contribution in [0.1, 0.15) is 34.6 Å². The van der Waals surface area contributed by atoms with E-state index in [1.807, 2.05) is 18.2 Å². The van der Waals surface area contributed by atoms with Gasteiger partial charge >= 0.3 is 0 Å². The van der Waals surface area contributed by atoms with Crippen LogP contribution in [0, 0.1) is 5.82 Å². The van der Waals surface area contributed by atoms with Gasteiger partial charge in [0.15, 0.2) is 9.84 Å². The first kappa shape index (κ1) is 21.4. The molecule has 3 heterocycles. The summed E-state index contributed by atoms with van der Waals surface area (Å²) in [6.07, 6.45) is 2.17. The summed E-state index contributed by atoms with van der Waals surface area (Å²) in [5, 5.41) is 3.90. The highest BCUT2D eigenvalue weighted by molar-refractivity contribution is 7.90. The Labute approximate surface area is 190 Å². The lowest BCUT2D eigenvalue weighted by atomic mass is 9.94. The molecule has 10 heteroatoms. The maximum atomic E-state index is 13.5. The third-order valence-corrected chi connectivity index (χ3v) is 8.48. The Balaban J connectivity index is 1.44. The van der Waals surface area contributed by atoms with E-state index in [0.29, 0.717) is 17.4 Å². The molecular formula is C22H23FN4O3S2. The van der Waals surface area contributed by atoms with Gasteiger partial charge in [0.05, 0.1) is 11.5 Å². The van der Waals surface area contributed by atoms with Gasteiger partial charge in [-0.05, 0) is 41.4 Å². The second kappa shape index (κ2) is 8.86. The van der Waals surface area contributed by atoms with Crippen molar-refractivity contribution >= 4 is 21.4 Å². The van der Waals surface area contributed by atoms with E-state index in [-0.39, 0.29) is 28.5 Å². The molecular weight excluding hydrogens is 451 g/mol. The Hall–Kier alpha value is -2.40. The molecule has 0 radical (unpaired) electrons. The fourth-order valence-corrected chi connectivity index (χ4v) is 6.60. The second-order valence-corrected chi connectivity index (χ2v) is 10.8. The average molecular weight is 475 g/mol. The zero-order valence-electron chi connectivity index (χ0n) is 17.3. The number of fused-ring (bicyclic) bond motifs is 1. The van der Waals surface area contributed by atoms with Crippen LogP contribution in [0.4, 0.5) is 4.39 Å². The molecule has 32 heavy (non-hydrogen) atoms. The van der Waals surface area contributed by atoms with Crippen molar-refractivity contribution in [3.05, 3.63) is 70.7 Å². The summed E-state index contributed by atoms with van der Waals surface area (Å²) < 4.78 is 49.0. The SMILES string of the molecule is O=S(=O)(Cc1ncns1)c1ccc2c(c1)OCC[C@@H]2N1CCNC[C@H]1c1ccc(F)cc1. The summed E-state index contributed by atoms with van der Waals surface area (Å²) >= 11 is 1.08. The molecule has 1 aromatic heterocycles. The van der Waals surface area contributed by atoms with E-state index in [9.17, 15) is 12.8 Å². The van der Waals surface area contributed by atoms with Gasteiger partial charge in [0.1, 0.15) is 28.7 Å². The maximum absolute atomic E-state index is 13.5. The van der Waals surface area contributed by atoms with E-state index >= 15 is 0 Å². The molecule has 168 valence electrons. The number of nitrogens with one attached hydrogen (secondary N) is 1. The quantitative estimate of drug-likeness (QED) is 0.608. The van der Waals surface area contributed by atoms with Gasteiger partial charge < -0.3 is 10.1 Å². The lowest BCUT2D eigenvalue weighted by Crippen LogP contribution is -2.48. The number of piperazine rings is 1. The standard InChI is InChI=1S/C22H23FN4O3S2/c23-16-3-1-15(2-4-16)20-12-24-8-9-27(20)19-7-10-30-21-11-17(5-6-18(19)21)32(28,29)13-22-25-14-26-31-22/h1-6,11,14,19-20,24H,7-10,12-13H2/t19-,20-/m0/s1. The van der Waals surface area contributed by atoms with E-state index < -0.39 is 9.84 Å². The Kier molecular flexibility index (Phi) is 5.93. The van der Waals surface area contributed by atoms with E-state index in [1.165, 1.54) is 18.5 Å². The van der Waals surface area contributed by atoms with Crippen molar-refractivity contribution in [2.45, 2.75) is 29.2 Å². The molecule has 2 aliphatic heterocycles. The van der Waals surface area contributed by atoms with Gasteiger partial charge in [-0.2, -0.15) is 4.37 Å². The summed E-state index contributed by atoms with van der Waals surface area (Å²) in [7, 11) is -3.55. The number of hydrogen-bond acceptors (Lipinski definition) is 8. The number of hydrogen-bond donors (Lipinski definition) is 1. The third-order valence-electron chi connectivity index (χ3n) is 6.01. The Bertz CT molecular complexity index is 1190. The van der Waals surface area contributed by atoms with Crippen LogP contribution in [-0.4, -0.2) is 48.9 Å². The average Bonchev–Trinajstić information content (AvgIpc) is 3.31. The smallest absolute Gasteiger partial charge is 0.185 e. The fourth-order valence-electron chi connectivity index (χ4n) is 4.48. The lowest BCUT2D eigenvalue weighted by Gasteiger charge is -2.43. The molecule has 0 amide bonds. The largest absolute Gasteiger partial charge is 0.493 e. The van der Waals surface area contributed by atoms with Gasteiger partial charge in [-0.25, -0.2) is 17.8 Å². The van der Waals surface area contributed by atoms with Crippen molar-refractivity contribution in [1.29, 1.82) is 0 Å². The molecule has 5 rings (SSSR count). The highest BCUT2D eigenvalue weighted by Gasteiger charge is 2.34. The van der Waals surface area contributed by atoms with Crippen molar-refractivity contribution in [3.8, 4) is 5.75 Å². The number of rotatable bonds is 5. The molecule has 1 N–H and O–H groups in total. The number of halogens is 1. The molecule has 0 saturated carbocycles. The summed E-state index contributed by atoms with van der Waals surface area (Å²) in [6, 6.07) is 12.0. The van der Waals surface area contributed by atoms with Crippen LogP contribution in [0.15, 0.2) is 53.7 Å². The van der Waals surface area contributed by atoms with E-state index in [4.69, 9.17) is 4.74 Å². The highest BCUT2D eigenvalue weighted by Crippen LogP contribution is 2.41. The van der Waals surface area contributed by atoms with E-state index in [1.54, 1.807) is 12.1 Å². The maximum Gasteiger partial charge on any atom is 0.185 e. The van der Waals surface area contributed by atoms with Crippen LogP contribution in [0.2, 0.25) is 0 Å². The first-order valence-electron chi connectivity index (χ1n) is 10.5. The van der Waals surface area contributed by atoms with Crippen LogP contribution in [-0.2, 0) is 15.6 Å². The van der Waals surface area contributed by atoms with Crippen molar-refractivity contribution in [2.24, 2.45) is 0 Å². The number of benzene rings is 2. The molecule has 0 unspecified atom stereocenters. The predicted molar refractivity (Wildman–Crippen MR) is 119 cm³/mol. The minimum absolute atomic E-state index is 0.0934. The molecule has 0 spiro atoms. The normalized spacial score (nSPS) is 21.7. The lowest BCUT2D eigenvalue weighted by molar-refractivity contribution is 0.0758. The van der Waals surface area contributed by atoms with Crippen LogP contribution < -0.4 is 10.1 Å². The zero-order valence-corrected chi connectivity index (χ0v) is 18.9.